The minimum atomic E-state index is 0.275. The summed E-state index contributed by atoms with van der Waals surface area (Å²) in [6.07, 6.45) is 0.550. The standard InChI is InChI=1S/C17H23ClN4O2/c1-12-10-22(11-13(2)23-12)8-7-21(3)17-19-16(20-24-17)14-5-4-6-15(18)9-14/h4-6,9,12-13H,7-8,10-11H2,1-3H3/t12-,13+. The van der Waals surface area contributed by atoms with Crippen molar-refractivity contribution in [3.63, 3.8) is 0 Å². The van der Waals surface area contributed by atoms with E-state index in [0.717, 1.165) is 31.7 Å². The zero-order valence-corrected chi connectivity index (χ0v) is 15.0. The summed E-state index contributed by atoms with van der Waals surface area (Å²) in [6, 6.07) is 7.95. The number of halogens is 1. The first-order chi connectivity index (χ1) is 11.5. The molecule has 1 aromatic carbocycles. The molecule has 0 spiro atoms. The number of nitrogens with zero attached hydrogens (tertiary/aromatic N) is 4. The Hall–Kier alpha value is -1.63. The topological polar surface area (TPSA) is 54.6 Å². The molecule has 1 fully saturated rings. The molecule has 0 radical (unpaired) electrons. The SMILES string of the molecule is C[C@@H]1CN(CCN(C)c2nc(-c3cccc(Cl)c3)no2)C[C@H](C)O1. The second-order valence-electron chi connectivity index (χ2n) is 6.35. The number of hydrogen-bond donors (Lipinski definition) is 0. The molecule has 7 heteroatoms. The maximum Gasteiger partial charge on any atom is 0.324 e. The van der Waals surface area contributed by atoms with Crippen LogP contribution in [0.4, 0.5) is 6.01 Å². The molecule has 1 saturated heterocycles. The van der Waals surface area contributed by atoms with E-state index in [4.69, 9.17) is 20.9 Å². The first-order valence-corrected chi connectivity index (χ1v) is 8.57. The van der Waals surface area contributed by atoms with Gasteiger partial charge in [0.2, 0.25) is 5.82 Å². The van der Waals surface area contributed by atoms with E-state index in [1.807, 2.05) is 36.2 Å². The molecule has 2 heterocycles. The lowest BCUT2D eigenvalue weighted by Crippen LogP contribution is -2.47. The van der Waals surface area contributed by atoms with Gasteiger partial charge < -0.3 is 14.2 Å². The number of anilines is 1. The first-order valence-electron chi connectivity index (χ1n) is 8.20. The van der Waals surface area contributed by atoms with Crippen LogP contribution in [0.3, 0.4) is 0 Å². The highest BCUT2D eigenvalue weighted by atomic mass is 35.5. The second kappa shape index (κ2) is 7.51. The predicted molar refractivity (Wildman–Crippen MR) is 94.5 cm³/mol. The molecular formula is C17H23ClN4O2. The number of rotatable bonds is 5. The minimum Gasteiger partial charge on any atom is -0.373 e. The van der Waals surface area contributed by atoms with Crippen LogP contribution >= 0.6 is 11.6 Å². The third-order valence-electron chi connectivity index (χ3n) is 4.07. The Morgan fingerprint density at radius 1 is 1.29 bits per heavy atom. The molecule has 0 aliphatic carbocycles. The van der Waals surface area contributed by atoms with E-state index in [9.17, 15) is 0 Å². The number of ether oxygens (including phenoxy) is 1. The Kier molecular flexibility index (Phi) is 5.38. The molecule has 24 heavy (non-hydrogen) atoms. The summed E-state index contributed by atoms with van der Waals surface area (Å²) in [5.41, 5.74) is 0.849. The smallest absolute Gasteiger partial charge is 0.324 e. The number of aromatic nitrogens is 2. The minimum absolute atomic E-state index is 0.275. The summed E-state index contributed by atoms with van der Waals surface area (Å²) in [5.74, 6) is 0.549. The van der Waals surface area contributed by atoms with E-state index >= 15 is 0 Å². The van der Waals surface area contributed by atoms with E-state index < -0.39 is 0 Å². The fourth-order valence-corrected chi connectivity index (χ4v) is 3.16. The first kappa shape index (κ1) is 17.2. The summed E-state index contributed by atoms with van der Waals surface area (Å²) in [5, 5.41) is 4.70. The molecule has 1 aliphatic rings. The van der Waals surface area contributed by atoms with Crippen LogP contribution in [-0.4, -0.2) is 60.5 Å². The molecule has 1 aliphatic heterocycles. The number of hydrogen-bond acceptors (Lipinski definition) is 6. The quantitative estimate of drug-likeness (QED) is 0.826. The van der Waals surface area contributed by atoms with E-state index in [1.54, 1.807) is 0 Å². The summed E-state index contributed by atoms with van der Waals surface area (Å²) in [4.78, 5) is 8.85. The monoisotopic (exact) mass is 350 g/mol. The summed E-state index contributed by atoms with van der Waals surface area (Å²) in [7, 11) is 1.96. The van der Waals surface area contributed by atoms with Gasteiger partial charge in [0, 0.05) is 43.8 Å². The van der Waals surface area contributed by atoms with Crippen LogP contribution in [0.15, 0.2) is 28.8 Å². The van der Waals surface area contributed by atoms with Gasteiger partial charge in [-0.2, -0.15) is 4.98 Å². The fourth-order valence-electron chi connectivity index (χ4n) is 2.97. The molecule has 2 aromatic rings. The van der Waals surface area contributed by atoms with Gasteiger partial charge in [0.05, 0.1) is 12.2 Å². The molecule has 6 nitrogen and oxygen atoms in total. The molecule has 130 valence electrons. The van der Waals surface area contributed by atoms with Crippen LogP contribution in [0.2, 0.25) is 5.02 Å². The predicted octanol–water partition coefficient (Wildman–Crippen LogP) is 2.94. The van der Waals surface area contributed by atoms with E-state index in [1.165, 1.54) is 0 Å². The second-order valence-corrected chi connectivity index (χ2v) is 6.79. The molecular weight excluding hydrogens is 328 g/mol. The van der Waals surface area contributed by atoms with Gasteiger partial charge in [-0.25, -0.2) is 0 Å². The molecule has 2 atom stereocenters. The van der Waals surface area contributed by atoms with Crippen molar-refractivity contribution in [1.82, 2.24) is 15.0 Å². The Balaban J connectivity index is 1.59. The van der Waals surface area contributed by atoms with Crippen LogP contribution in [0.5, 0.6) is 0 Å². The van der Waals surface area contributed by atoms with Crippen molar-refractivity contribution in [2.45, 2.75) is 26.1 Å². The Morgan fingerprint density at radius 2 is 2.04 bits per heavy atom. The Morgan fingerprint density at radius 3 is 2.75 bits per heavy atom. The Bertz CT molecular complexity index is 668. The van der Waals surface area contributed by atoms with Gasteiger partial charge in [0.15, 0.2) is 0 Å². The van der Waals surface area contributed by atoms with Gasteiger partial charge in [-0.05, 0) is 26.0 Å². The molecule has 0 bridgehead atoms. The van der Waals surface area contributed by atoms with Crippen LogP contribution in [0.25, 0.3) is 11.4 Å². The van der Waals surface area contributed by atoms with Crippen molar-refractivity contribution < 1.29 is 9.26 Å². The Labute approximate surface area is 147 Å². The van der Waals surface area contributed by atoms with Crippen LogP contribution < -0.4 is 4.90 Å². The molecule has 1 aromatic heterocycles. The number of morpholine rings is 1. The third kappa shape index (κ3) is 4.26. The molecule has 0 N–H and O–H groups in total. The third-order valence-corrected chi connectivity index (χ3v) is 4.31. The van der Waals surface area contributed by atoms with Gasteiger partial charge in [0.1, 0.15) is 0 Å². The lowest BCUT2D eigenvalue weighted by Gasteiger charge is -2.35. The number of benzene rings is 1. The van der Waals surface area contributed by atoms with Crippen molar-refractivity contribution >= 4 is 17.6 Å². The van der Waals surface area contributed by atoms with Gasteiger partial charge in [-0.1, -0.05) is 28.9 Å². The highest BCUT2D eigenvalue weighted by molar-refractivity contribution is 6.30. The average molecular weight is 351 g/mol. The highest BCUT2D eigenvalue weighted by Crippen LogP contribution is 2.22. The lowest BCUT2D eigenvalue weighted by molar-refractivity contribution is -0.0670. The zero-order valence-electron chi connectivity index (χ0n) is 14.3. The van der Waals surface area contributed by atoms with Crippen molar-refractivity contribution in [3.05, 3.63) is 29.3 Å². The molecule has 0 saturated carbocycles. The van der Waals surface area contributed by atoms with E-state index in [2.05, 4.69) is 28.9 Å². The number of likely N-dealkylation sites (N-methyl/N-ethyl adjacent to an activating group) is 1. The van der Waals surface area contributed by atoms with Gasteiger partial charge in [-0.15, -0.1) is 0 Å². The largest absolute Gasteiger partial charge is 0.373 e. The molecule has 3 rings (SSSR count). The zero-order chi connectivity index (χ0) is 17.1. The fraction of sp³-hybridized carbons (Fsp3) is 0.529. The summed E-state index contributed by atoms with van der Waals surface area (Å²) >= 11 is 6.01. The van der Waals surface area contributed by atoms with Crippen molar-refractivity contribution in [1.29, 1.82) is 0 Å². The lowest BCUT2D eigenvalue weighted by atomic mass is 10.2. The van der Waals surface area contributed by atoms with Crippen LogP contribution in [0.1, 0.15) is 13.8 Å². The highest BCUT2D eigenvalue weighted by Gasteiger charge is 2.22. The van der Waals surface area contributed by atoms with Crippen molar-refractivity contribution in [2.24, 2.45) is 0 Å². The van der Waals surface area contributed by atoms with Crippen LogP contribution in [0, 0.1) is 0 Å². The van der Waals surface area contributed by atoms with Crippen molar-refractivity contribution in [2.75, 3.05) is 38.1 Å². The van der Waals surface area contributed by atoms with Gasteiger partial charge in [-0.3, -0.25) is 4.90 Å². The van der Waals surface area contributed by atoms with Crippen molar-refractivity contribution in [3.8, 4) is 11.4 Å². The van der Waals surface area contributed by atoms with Gasteiger partial charge >= 0.3 is 6.01 Å². The van der Waals surface area contributed by atoms with Crippen LogP contribution in [-0.2, 0) is 4.74 Å². The maximum atomic E-state index is 6.01. The maximum absolute atomic E-state index is 6.01. The van der Waals surface area contributed by atoms with E-state index in [0.29, 0.717) is 16.9 Å². The van der Waals surface area contributed by atoms with Gasteiger partial charge in [0.25, 0.3) is 0 Å². The normalized spacial score (nSPS) is 21.8. The molecule has 0 amide bonds. The van der Waals surface area contributed by atoms with E-state index in [-0.39, 0.29) is 12.2 Å². The average Bonchev–Trinajstić information content (AvgIpc) is 3.02. The summed E-state index contributed by atoms with van der Waals surface area (Å²) < 4.78 is 11.1. The molecule has 0 unspecified atom stereocenters. The summed E-state index contributed by atoms with van der Waals surface area (Å²) in [6.45, 7) is 7.88.